The van der Waals surface area contributed by atoms with Gasteiger partial charge in [-0.2, -0.15) is 0 Å². The van der Waals surface area contributed by atoms with Gasteiger partial charge in [-0.05, 0) is 42.7 Å². The second-order valence-electron chi connectivity index (χ2n) is 5.40. The first-order valence-electron chi connectivity index (χ1n) is 7.01. The molecule has 0 aromatic heterocycles. The van der Waals surface area contributed by atoms with Gasteiger partial charge in [0, 0.05) is 10.6 Å². The van der Waals surface area contributed by atoms with E-state index in [4.69, 9.17) is 22.1 Å². The van der Waals surface area contributed by atoms with Crippen LogP contribution in [0.15, 0.2) is 48.3 Å². The number of ketones is 1. The number of hydrogen-bond acceptors (Lipinski definition) is 3. The van der Waals surface area contributed by atoms with Gasteiger partial charge in [-0.3, -0.25) is 4.79 Å². The SMILES string of the molecule is Cc1cccc(C2=C(N)OC(c3cccc(Cl)c3)C2=O)c1C. The molecule has 0 aliphatic carbocycles. The van der Waals surface area contributed by atoms with Crippen LogP contribution in [0.5, 0.6) is 0 Å². The Morgan fingerprint density at radius 1 is 1.14 bits per heavy atom. The van der Waals surface area contributed by atoms with Gasteiger partial charge in [-0.1, -0.05) is 41.9 Å². The van der Waals surface area contributed by atoms with E-state index in [0.29, 0.717) is 16.2 Å². The maximum atomic E-state index is 12.8. The van der Waals surface area contributed by atoms with Crippen LogP contribution < -0.4 is 5.73 Å². The summed E-state index contributed by atoms with van der Waals surface area (Å²) in [6, 6.07) is 12.9. The molecule has 1 heterocycles. The van der Waals surface area contributed by atoms with Crippen LogP contribution in [-0.4, -0.2) is 5.78 Å². The van der Waals surface area contributed by atoms with E-state index in [2.05, 4.69) is 0 Å². The fourth-order valence-electron chi connectivity index (χ4n) is 2.67. The third kappa shape index (κ3) is 2.38. The Morgan fingerprint density at radius 2 is 1.86 bits per heavy atom. The molecule has 1 unspecified atom stereocenters. The smallest absolute Gasteiger partial charge is 0.213 e. The summed E-state index contributed by atoms with van der Waals surface area (Å²) in [6.07, 6.45) is -0.728. The zero-order valence-corrected chi connectivity index (χ0v) is 13.1. The van der Waals surface area contributed by atoms with E-state index < -0.39 is 6.10 Å². The quantitative estimate of drug-likeness (QED) is 0.914. The second kappa shape index (κ2) is 5.50. The Morgan fingerprint density at radius 3 is 2.59 bits per heavy atom. The van der Waals surface area contributed by atoms with E-state index in [1.807, 2.05) is 38.1 Å². The first kappa shape index (κ1) is 14.7. The summed E-state index contributed by atoms with van der Waals surface area (Å²) in [6.45, 7) is 3.98. The predicted octanol–water partition coefficient (Wildman–Crippen LogP) is 3.92. The van der Waals surface area contributed by atoms with Crippen molar-refractivity contribution in [1.82, 2.24) is 0 Å². The minimum atomic E-state index is -0.728. The summed E-state index contributed by atoms with van der Waals surface area (Å²) in [7, 11) is 0. The molecule has 2 aromatic carbocycles. The van der Waals surface area contributed by atoms with Crippen molar-refractivity contribution in [3.8, 4) is 0 Å². The Labute approximate surface area is 134 Å². The molecule has 4 heteroatoms. The molecule has 0 fully saturated rings. The van der Waals surface area contributed by atoms with Gasteiger partial charge in [0.25, 0.3) is 0 Å². The van der Waals surface area contributed by atoms with Crippen molar-refractivity contribution < 1.29 is 9.53 Å². The number of benzene rings is 2. The molecule has 22 heavy (non-hydrogen) atoms. The first-order chi connectivity index (χ1) is 10.5. The minimum Gasteiger partial charge on any atom is -0.462 e. The molecule has 112 valence electrons. The van der Waals surface area contributed by atoms with Gasteiger partial charge in [0.05, 0.1) is 5.57 Å². The molecule has 0 bridgehead atoms. The van der Waals surface area contributed by atoms with Crippen LogP contribution in [0.2, 0.25) is 5.02 Å². The number of carbonyl (C=O) groups excluding carboxylic acids is 1. The monoisotopic (exact) mass is 313 g/mol. The van der Waals surface area contributed by atoms with E-state index in [1.54, 1.807) is 18.2 Å². The van der Waals surface area contributed by atoms with Crippen LogP contribution in [0.25, 0.3) is 5.57 Å². The lowest BCUT2D eigenvalue weighted by molar-refractivity contribution is -0.120. The predicted molar refractivity (Wildman–Crippen MR) is 87.3 cm³/mol. The van der Waals surface area contributed by atoms with Gasteiger partial charge < -0.3 is 10.5 Å². The van der Waals surface area contributed by atoms with Crippen LogP contribution in [0.4, 0.5) is 0 Å². The molecular weight excluding hydrogens is 298 g/mol. The topological polar surface area (TPSA) is 52.3 Å². The highest BCUT2D eigenvalue weighted by atomic mass is 35.5. The fraction of sp³-hybridized carbons (Fsp3) is 0.167. The lowest BCUT2D eigenvalue weighted by atomic mass is 9.92. The number of Topliss-reactive ketones (excluding diaryl/α,β-unsaturated/α-hetero) is 1. The van der Waals surface area contributed by atoms with Gasteiger partial charge >= 0.3 is 0 Å². The van der Waals surface area contributed by atoms with Gasteiger partial charge in [0.15, 0.2) is 12.0 Å². The maximum absolute atomic E-state index is 12.8. The number of hydrogen-bond donors (Lipinski definition) is 1. The summed E-state index contributed by atoms with van der Waals surface area (Å²) in [5.41, 5.74) is 10.1. The number of rotatable bonds is 2. The van der Waals surface area contributed by atoms with Crippen molar-refractivity contribution in [2.24, 2.45) is 5.73 Å². The molecule has 3 nitrogen and oxygen atoms in total. The molecule has 3 rings (SSSR count). The molecule has 0 spiro atoms. The number of halogens is 1. The molecule has 1 atom stereocenters. The molecule has 0 saturated heterocycles. The van der Waals surface area contributed by atoms with Gasteiger partial charge in [-0.15, -0.1) is 0 Å². The zero-order chi connectivity index (χ0) is 15.9. The first-order valence-corrected chi connectivity index (χ1v) is 7.39. The molecule has 2 N–H and O–H groups in total. The van der Waals surface area contributed by atoms with Crippen LogP contribution >= 0.6 is 11.6 Å². The Kier molecular flexibility index (Phi) is 3.67. The highest BCUT2D eigenvalue weighted by molar-refractivity contribution is 6.31. The summed E-state index contributed by atoms with van der Waals surface area (Å²) < 4.78 is 5.63. The van der Waals surface area contributed by atoms with Crippen molar-refractivity contribution in [2.45, 2.75) is 20.0 Å². The highest BCUT2D eigenvalue weighted by Gasteiger charge is 2.36. The average Bonchev–Trinajstić information content (AvgIpc) is 2.77. The lowest BCUT2D eigenvalue weighted by Gasteiger charge is -2.11. The summed E-state index contributed by atoms with van der Waals surface area (Å²) >= 11 is 6.00. The summed E-state index contributed by atoms with van der Waals surface area (Å²) in [4.78, 5) is 12.8. The Balaban J connectivity index is 2.03. The van der Waals surface area contributed by atoms with Crippen molar-refractivity contribution in [3.63, 3.8) is 0 Å². The fourth-order valence-corrected chi connectivity index (χ4v) is 2.87. The van der Waals surface area contributed by atoms with Crippen LogP contribution in [0.3, 0.4) is 0 Å². The number of aryl methyl sites for hydroxylation is 1. The highest BCUT2D eigenvalue weighted by Crippen LogP contribution is 2.38. The van der Waals surface area contributed by atoms with Crippen molar-refractivity contribution in [2.75, 3.05) is 0 Å². The van der Waals surface area contributed by atoms with Crippen molar-refractivity contribution in [1.29, 1.82) is 0 Å². The standard InChI is InChI=1S/C18H16ClNO2/c1-10-5-3-8-14(11(10)2)15-16(21)17(22-18(15)20)12-6-4-7-13(19)9-12/h3-9,17H,20H2,1-2H3. The lowest BCUT2D eigenvalue weighted by Crippen LogP contribution is -2.10. The molecule has 1 aliphatic heterocycles. The number of nitrogens with two attached hydrogens (primary N) is 1. The Bertz CT molecular complexity index is 795. The van der Waals surface area contributed by atoms with Crippen LogP contribution in [0, 0.1) is 13.8 Å². The molecular formula is C18H16ClNO2. The average molecular weight is 314 g/mol. The third-order valence-corrected chi connectivity index (χ3v) is 4.24. The largest absolute Gasteiger partial charge is 0.462 e. The maximum Gasteiger partial charge on any atom is 0.213 e. The summed E-state index contributed by atoms with van der Waals surface area (Å²) in [5, 5.41) is 0.563. The van der Waals surface area contributed by atoms with E-state index in [0.717, 1.165) is 16.7 Å². The van der Waals surface area contributed by atoms with Gasteiger partial charge in [0.1, 0.15) is 0 Å². The molecule has 0 radical (unpaired) electrons. The van der Waals surface area contributed by atoms with Crippen molar-refractivity contribution >= 4 is 23.0 Å². The van der Waals surface area contributed by atoms with Crippen molar-refractivity contribution in [3.05, 3.63) is 75.6 Å². The summed E-state index contributed by atoms with van der Waals surface area (Å²) in [5.74, 6) is 0.0390. The van der Waals surface area contributed by atoms with E-state index in [9.17, 15) is 4.79 Å². The van der Waals surface area contributed by atoms with Crippen LogP contribution in [-0.2, 0) is 9.53 Å². The zero-order valence-electron chi connectivity index (χ0n) is 12.4. The van der Waals surface area contributed by atoms with E-state index in [-0.39, 0.29) is 11.7 Å². The molecule has 1 aliphatic rings. The molecule has 2 aromatic rings. The van der Waals surface area contributed by atoms with Crippen LogP contribution in [0.1, 0.15) is 28.4 Å². The molecule has 0 amide bonds. The van der Waals surface area contributed by atoms with Gasteiger partial charge in [-0.25, -0.2) is 0 Å². The van der Waals surface area contributed by atoms with E-state index >= 15 is 0 Å². The molecule has 0 saturated carbocycles. The minimum absolute atomic E-state index is 0.131. The second-order valence-corrected chi connectivity index (χ2v) is 5.84. The number of ether oxygens (including phenoxy) is 1. The van der Waals surface area contributed by atoms with E-state index in [1.165, 1.54) is 0 Å². The normalized spacial score (nSPS) is 17.8. The Hall–Kier alpha value is -2.26. The number of carbonyl (C=O) groups is 1. The third-order valence-electron chi connectivity index (χ3n) is 4.00. The van der Waals surface area contributed by atoms with Gasteiger partial charge in [0.2, 0.25) is 5.78 Å².